The van der Waals surface area contributed by atoms with Crippen molar-refractivity contribution in [1.82, 2.24) is 15.3 Å². The number of nitrogens with zero attached hydrogens (tertiary/aromatic N) is 2. The molecule has 2 atom stereocenters. The number of nitrogens with one attached hydrogen (secondary N) is 3. The van der Waals surface area contributed by atoms with Gasteiger partial charge in [0.1, 0.15) is 5.75 Å². The third-order valence-corrected chi connectivity index (χ3v) is 6.27. The quantitative estimate of drug-likeness (QED) is 0.473. The fourth-order valence-electron chi connectivity index (χ4n) is 4.12. The highest BCUT2D eigenvalue weighted by atomic mass is 32.2. The lowest BCUT2D eigenvalue weighted by Crippen LogP contribution is -2.29. The molecule has 0 bridgehead atoms. The number of anilines is 2. The zero-order valence-electron chi connectivity index (χ0n) is 18.2. The van der Waals surface area contributed by atoms with Gasteiger partial charge >= 0.3 is 0 Å². The zero-order valence-corrected chi connectivity index (χ0v) is 19.8. The molecule has 0 unspecified atom stereocenters. The number of aryl methyl sites for hydroxylation is 2. The van der Waals surface area contributed by atoms with E-state index in [9.17, 15) is 8.42 Å². The molecule has 3 N–H and O–H groups in total. The Bertz CT molecular complexity index is 1260. The fourth-order valence-corrected chi connectivity index (χ4v) is 5.03. The van der Waals surface area contributed by atoms with Gasteiger partial charge in [-0.15, -0.1) is 0 Å². The van der Waals surface area contributed by atoms with Crippen molar-refractivity contribution >= 4 is 38.7 Å². The highest BCUT2D eigenvalue weighted by Crippen LogP contribution is 2.44. The molecule has 32 heavy (non-hydrogen) atoms. The van der Waals surface area contributed by atoms with E-state index in [1.807, 2.05) is 43.0 Å². The number of hydrogen-bond donors (Lipinski definition) is 3. The van der Waals surface area contributed by atoms with Crippen LogP contribution in [0.3, 0.4) is 0 Å². The largest absolute Gasteiger partial charge is 0.494 e. The summed E-state index contributed by atoms with van der Waals surface area (Å²) in [5.41, 5.74) is 5.22. The Kier molecular flexibility index (Phi) is 5.83. The zero-order chi connectivity index (χ0) is 23.0. The predicted molar refractivity (Wildman–Crippen MR) is 130 cm³/mol. The summed E-state index contributed by atoms with van der Waals surface area (Å²) >= 11 is 5.75. The molecule has 3 aromatic rings. The minimum absolute atomic E-state index is 0.166. The number of benzene rings is 1. The van der Waals surface area contributed by atoms with Crippen LogP contribution in [0.5, 0.6) is 5.75 Å². The SMILES string of the molecule is COc1cc(N2C(=S)N[C@H](c3ccccn3)[C@@H]2c2cc(C)[nH]c2C)ccc1NS(C)(=O)=O. The molecule has 2 aromatic heterocycles. The fraction of sp³-hybridized carbons (Fsp3) is 0.273. The highest BCUT2D eigenvalue weighted by molar-refractivity contribution is 7.92. The Balaban J connectivity index is 1.83. The first-order chi connectivity index (χ1) is 15.2. The number of sulfonamides is 1. The van der Waals surface area contributed by atoms with Gasteiger partial charge in [0.2, 0.25) is 10.0 Å². The third kappa shape index (κ3) is 4.28. The molecule has 0 amide bonds. The second-order valence-corrected chi connectivity index (χ2v) is 9.92. The lowest BCUT2D eigenvalue weighted by atomic mass is 9.96. The Morgan fingerprint density at radius 2 is 1.97 bits per heavy atom. The molecule has 168 valence electrons. The smallest absolute Gasteiger partial charge is 0.229 e. The van der Waals surface area contributed by atoms with Crippen molar-refractivity contribution in [2.24, 2.45) is 0 Å². The number of thiocarbonyl (C=S) groups is 1. The summed E-state index contributed by atoms with van der Waals surface area (Å²) in [5, 5.41) is 3.97. The highest BCUT2D eigenvalue weighted by Gasteiger charge is 2.42. The molecule has 0 radical (unpaired) electrons. The Labute approximate surface area is 193 Å². The third-order valence-electron chi connectivity index (χ3n) is 5.37. The molecule has 1 fully saturated rings. The Morgan fingerprint density at radius 1 is 1.19 bits per heavy atom. The van der Waals surface area contributed by atoms with Crippen LogP contribution < -0.4 is 19.7 Å². The van der Waals surface area contributed by atoms with Crippen molar-refractivity contribution in [3.8, 4) is 5.75 Å². The van der Waals surface area contributed by atoms with E-state index in [-0.39, 0.29) is 12.1 Å². The van der Waals surface area contributed by atoms with Crippen LogP contribution in [0.2, 0.25) is 0 Å². The summed E-state index contributed by atoms with van der Waals surface area (Å²) in [5.74, 6) is 0.401. The minimum Gasteiger partial charge on any atom is -0.494 e. The summed E-state index contributed by atoms with van der Waals surface area (Å²) in [7, 11) is -1.95. The molecule has 8 nitrogen and oxygen atoms in total. The van der Waals surface area contributed by atoms with E-state index in [0.717, 1.165) is 34.6 Å². The van der Waals surface area contributed by atoms with Crippen molar-refractivity contribution < 1.29 is 13.2 Å². The molecule has 4 rings (SSSR count). The topological polar surface area (TPSA) is 99.3 Å². The van der Waals surface area contributed by atoms with Crippen LogP contribution in [0.4, 0.5) is 11.4 Å². The maximum Gasteiger partial charge on any atom is 0.229 e. The number of hydrogen-bond acceptors (Lipinski definition) is 5. The Morgan fingerprint density at radius 3 is 2.56 bits per heavy atom. The average molecular weight is 472 g/mol. The van der Waals surface area contributed by atoms with Crippen molar-refractivity contribution in [3.63, 3.8) is 0 Å². The van der Waals surface area contributed by atoms with E-state index in [2.05, 4.69) is 26.1 Å². The average Bonchev–Trinajstić information content (AvgIpc) is 3.25. The second-order valence-electron chi connectivity index (χ2n) is 7.79. The Hall–Kier alpha value is -3.11. The van der Waals surface area contributed by atoms with Crippen LogP contribution in [-0.2, 0) is 10.0 Å². The molecule has 1 aromatic carbocycles. The molecular formula is C22H25N5O3S2. The second kappa shape index (κ2) is 8.44. The number of H-pyrrole nitrogens is 1. The van der Waals surface area contributed by atoms with Crippen LogP contribution in [0, 0.1) is 13.8 Å². The number of aromatic nitrogens is 2. The van der Waals surface area contributed by atoms with Gasteiger partial charge in [-0.2, -0.15) is 0 Å². The summed E-state index contributed by atoms with van der Waals surface area (Å²) in [6, 6.07) is 12.9. The predicted octanol–water partition coefficient (Wildman–Crippen LogP) is 3.58. The number of pyridine rings is 1. The van der Waals surface area contributed by atoms with Crippen molar-refractivity contribution in [1.29, 1.82) is 0 Å². The molecule has 1 aliphatic heterocycles. The van der Waals surface area contributed by atoms with Crippen molar-refractivity contribution in [2.75, 3.05) is 23.0 Å². The molecule has 0 aliphatic carbocycles. The maximum atomic E-state index is 11.7. The van der Waals surface area contributed by atoms with Crippen LogP contribution in [-0.4, -0.2) is 36.9 Å². The number of methoxy groups -OCH3 is 1. The van der Waals surface area contributed by atoms with Gasteiger partial charge in [0.15, 0.2) is 5.11 Å². The maximum absolute atomic E-state index is 11.7. The first-order valence-corrected chi connectivity index (χ1v) is 12.3. The van der Waals surface area contributed by atoms with Crippen molar-refractivity contribution in [2.45, 2.75) is 25.9 Å². The molecule has 10 heteroatoms. The van der Waals surface area contributed by atoms with E-state index in [1.54, 1.807) is 18.3 Å². The van der Waals surface area contributed by atoms with E-state index in [1.165, 1.54) is 7.11 Å². The van der Waals surface area contributed by atoms with Crippen LogP contribution in [0.25, 0.3) is 0 Å². The molecular weight excluding hydrogens is 446 g/mol. The molecule has 1 saturated heterocycles. The van der Waals surface area contributed by atoms with Gasteiger partial charge in [-0.25, -0.2) is 8.42 Å². The summed E-state index contributed by atoms with van der Waals surface area (Å²) in [6.07, 6.45) is 2.87. The number of rotatable bonds is 6. The van der Waals surface area contributed by atoms with Crippen molar-refractivity contribution in [3.05, 3.63) is 71.3 Å². The minimum atomic E-state index is -3.45. The van der Waals surface area contributed by atoms with E-state index < -0.39 is 10.0 Å². The standard InChI is InChI=1S/C22H25N5O3S2/c1-13-11-16(14(2)24-13)21-20(18-7-5-6-10-23-18)25-22(31)27(21)15-8-9-17(19(12-15)30-3)26-32(4,28)29/h5-12,20-21,24,26H,1-4H3,(H,25,31)/t20-,21+/m1/s1. The first kappa shape index (κ1) is 22.1. The normalized spacial score (nSPS) is 18.5. The van der Waals surface area contributed by atoms with Gasteiger partial charge in [-0.05, 0) is 62.0 Å². The number of aromatic amines is 1. The van der Waals surface area contributed by atoms with Gasteiger partial charge in [0.05, 0.1) is 36.8 Å². The summed E-state index contributed by atoms with van der Waals surface area (Å²) in [6.45, 7) is 4.06. The van der Waals surface area contributed by atoms with Gasteiger partial charge in [0, 0.05) is 29.3 Å². The summed E-state index contributed by atoms with van der Waals surface area (Å²) < 4.78 is 31.4. The van der Waals surface area contributed by atoms with Crippen LogP contribution in [0.1, 0.15) is 34.7 Å². The molecule has 1 aliphatic rings. The van der Waals surface area contributed by atoms with Gasteiger partial charge < -0.3 is 19.9 Å². The van der Waals surface area contributed by atoms with E-state index in [4.69, 9.17) is 17.0 Å². The van der Waals surface area contributed by atoms with E-state index in [0.29, 0.717) is 16.5 Å². The molecule has 3 heterocycles. The number of ether oxygens (including phenoxy) is 1. The van der Waals surface area contributed by atoms with Crippen LogP contribution >= 0.6 is 12.2 Å². The monoisotopic (exact) mass is 471 g/mol. The lowest BCUT2D eigenvalue weighted by Gasteiger charge is -2.28. The lowest BCUT2D eigenvalue weighted by molar-refractivity contribution is 0.417. The summed E-state index contributed by atoms with van der Waals surface area (Å²) in [4.78, 5) is 9.97. The van der Waals surface area contributed by atoms with Gasteiger partial charge in [0.25, 0.3) is 0 Å². The first-order valence-electron chi connectivity index (χ1n) is 10.0. The molecule has 0 saturated carbocycles. The van der Waals surface area contributed by atoms with E-state index >= 15 is 0 Å². The van der Waals surface area contributed by atoms with Crippen LogP contribution in [0.15, 0.2) is 48.7 Å². The molecule has 0 spiro atoms. The van der Waals surface area contributed by atoms with Gasteiger partial charge in [-0.1, -0.05) is 6.07 Å². The van der Waals surface area contributed by atoms with Gasteiger partial charge in [-0.3, -0.25) is 9.71 Å².